The van der Waals surface area contributed by atoms with Gasteiger partial charge in [0.1, 0.15) is 0 Å². The molecule has 4 N–H and O–H groups in total. The molecular formula is C4H4N2O6. The fourth-order valence-electron chi connectivity index (χ4n) is 0.158. The number of carbonyl (C=O) groups is 4. The highest BCUT2D eigenvalue weighted by Gasteiger charge is 2.18. The van der Waals surface area contributed by atoms with Crippen LogP contribution in [0.2, 0.25) is 0 Å². The first-order chi connectivity index (χ1) is 5.45. The van der Waals surface area contributed by atoms with E-state index in [-0.39, 0.29) is 0 Å². The number of carbonyl (C=O) groups excluding carboxylic acids is 4. The molecule has 0 bridgehead atoms. The molecule has 12 heavy (non-hydrogen) atoms. The second kappa shape index (κ2) is 3.91. The average molecular weight is 176 g/mol. The van der Waals surface area contributed by atoms with Crippen LogP contribution in [0.3, 0.4) is 0 Å². The van der Waals surface area contributed by atoms with Gasteiger partial charge in [0.25, 0.3) is 0 Å². The molecular weight excluding hydrogens is 172 g/mol. The van der Waals surface area contributed by atoms with Crippen molar-refractivity contribution in [1.29, 1.82) is 0 Å². The number of primary amides is 2. The second-order valence-corrected chi connectivity index (χ2v) is 1.47. The van der Waals surface area contributed by atoms with Crippen LogP contribution in [0, 0.1) is 0 Å². The molecule has 0 aliphatic heterocycles. The lowest BCUT2D eigenvalue weighted by atomic mass is 10.7. The summed E-state index contributed by atoms with van der Waals surface area (Å²) in [5.41, 5.74) is 8.75. The van der Waals surface area contributed by atoms with Crippen LogP contribution in [-0.2, 0) is 29.0 Å². The molecule has 0 spiro atoms. The summed E-state index contributed by atoms with van der Waals surface area (Å²) < 4.78 is 0. The number of hydrogen-bond donors (Lipinski definition) is 2. The summed E-state index contributed by atoms with van der Waals surface area (Å²) in [5, 5.41) is 0. The van der Waals surface area contributed by atoms with Crippen LogP contribution in [0.4, 0.5) is 0 Å². The number of rotatable bonds is 0. The maximum Gasteiger partial charge on any atom is 0.442 e. The van der Waals surface area contributed by atoms with E-state index in [1.54, 1.807) is 0 Å². The smallest absolute Gasteiger partial charge is 0.360 e. The highest BCUT2D eigenvalue weighted by Crippen LogP contribution is 1.81. The molecule has 0 aliphatic rings. The van der Waals surface area contributed by atoms with Crippen molar-refractivity contribution in [2.75, 3.05) is 0 Å². The van der Waals surface area contributed by atoms with E-state index in [2.05, 4.69) is 21.2 Å². The zero-order chi connectivity index (χ0) is 9.72. The predicted octanol–water partition coefficient (Wildman–Crippen LogP) is -3.04. The highest BCUT2D eigenvalue weighted by atomic mass is 17.2. The van der Waals surface area contributed by atoms with Gasteiger partial charge in [-0.05, 0) is 0 Å². The normalized spacial score (nSPS) is 8.33. The van der Waals surface area contributed by atoms with Crippen molar-refractivity contribution in [3.8, 4) is 0 Å². The van der Waals surface area contributed by atoms with E-state index in [0.717, 1.165) is 0 Å². The Labute approximate surface area is 65.3 Å². The van der Waals surface area contributed by atoms with Crippen molar-refractivity contribution in [3.05, 3.63) is 0 Å². The van der Waals surface area contributed by atoms with Gasteiger partial charge in [0, 0.05) is 0 Å². The monoisotopic (exact) mass is 176 g/mol. The number of hydrogen-bond acceptors (Lipinski definition) is 6. The lowest BCUT2D eigenvalue weighted by Crippen LogP contribution is -2.30. The van der Waals surface area contributed by atoms with Gasteiger partial charge in [-0.1, -0.05) is 0 Å². The van der Waals surface area contributed by atoms with E-state index in [4.69, 9.17) is 0 Å². The summed E-state index contributed by atoms with van der Waals surface area (Å²) in [5.74, 6) is -6.14. The standard InChI is InChI=1S/C4H4N2O6/c5-1(7)3(9)11-12-4(10)2(6)8/h(H2,5,7)(H2,6,8). The first-order valence-electron chi connectivity index (χ1n) is 2.47. The molecule has 0 atom stereocenters. The summed E-state index contributed by atoms with van der Waals surface area (Å²) in [6.07, 6.45) is 0. The molecule has 0 aliphatic carbocycles. The summed E-state index contributed by atoms with van der Waals surface area (Å²) in [6.45, 7) is 0. The van der Waals surface area contributed by atoms with Crippen molar-refractivity contribution in [1.82, 2.24) is 0 Å². The summed E-state index contributed by atoms with van der Waals surface area (Å²) in [4.78, 5) is 47.1. The first-order valence-corrected chi connectivity index (χ1v) is 2.47. The number of nitrogens with two attached hydrogens (primary N) is 2. The van der Waals surface area contributed by atoms with Crippen molar-refractivity contribution >= 4 is 23.8 Å². The maximum absolute atomic E-state index is 10.1. The quantitative estimate of drug-likeness (QED) is 0.228. The van der Waals surface area contributed by atoms with Gasteiger partial charge in [-0.2, -0.15) is 0 Å². The average Bonchev–Trinajstić information content (AvgIpc) is 1.98. The van der Waals surface area contributed by atoms with Crippen LogP contribution >= 0.6 is 0 Å². The van der Waals surface area contributed by atoms with Crippen molar-refractivity contribution in [2.24, 2.45) is 11.5 Å². The minimum absolute atomic E-state index is 1.47. The molecule has 0 heterocycles. The molecule has 0 saturated heterocycles. The van der Waals surface area contributed by atoms with E-state index >= 15 is 0 Å². The largest absolute Gasteiger partial charge is 0.442 e. The molecule has 8 heteroatoms. The van der Waals surface area contributed by atoms with Crippen LogP contribution in [0.1, 0.15) is 0 Å². The molecule has 0 aromatic heterocycles. The Hall–Kier alpha value is -2.12. The van der Waals surface area contributed by atoms with Crippen molar-refractivity contribution < 1.29 is 29.0 Å². The van der Waals surface area contributed by atoms with E-state index in [1.807, 2.05) is 0 Å². The van der Waals surface area contributed by atoms with E-state index in [0.29, 0.717) is 0 Å². The second-order valence-electron chi connectivity index (χ2n) is 1.47. The molecule has 0 rings (SSSR count). The lowest BCUT2D eigenvalue weighted by molar-refractivity contribution is -0.254. The fourth-order valence-corrected chi connectivity index (χ4v) is 0.158. The molecule has 2 amide bonds. The van der Waals surface area contributed by atoms with Crippen LogP contribution < -0.4 is 11.5 Å². The Morgan fingerprint density at radius 3 is 1.17 bits per heavy atom. The van der Waals surface area contributed by atoms with Crippen molar-refractivity contribution in [3.63, 3.8) is 0 Å². The van der Waals surface area contributed by atoms with Gasteiger partial charge in [-0.25, -0.2) is 19.4 Å². The van der Waals surface area contributed by atoms with Gasteiger partial charge in [-0.15, -0.1) is 0 Å². The molecule has 0 radical (unpaired) electrons. The SMILES string of the molecule is NC(=O)C(=O)OOC(=O)C(N)=O. The molecule has 0 aromatic rings. The third kappa shape index (κ3) is 3.15. The van der Waals surface area contributed by atoms with Crippen LogP contribution in [0.25, 0.3) is 0 Å². The highest BCUT2D eigenvalue weighted by molar-refractivity contribution is 6.33. The van der Waals surface area contributed by atoms with Crippen LogP contribution in [0.15, 0.2) is 0 Å². The molecule has 0 fully saturated rings. The van der Waals surface area contributed by atoms with E-state index in [9.17, 15) is 19.2 Å². The topological polar surface area (TPSA) is 139 Å². The molecule has 0 saturated carbocycles. The predicted molar refractivity (Wildman–Crippen MR) is 30.6 cm³/mol. The minimum atomic E-state index is -1.61. The molecule has 8 nitrogen and oxygen atoms in total. The fraction of sp³-hybridized carbons (Fsp3) is 0. The zero-order valence-electron chi connectivity index (χ0n) is 5.60. The van der Waals surface area contributed by atoms with Gasteiger partial charge in [0.05, 0.1) is 0 Å². The van der Waals surface area contributed by atoms with Gasteiger partial charge in [-0.3, -0.25) is 9.59 Å². The summed E-state index contributed by atoms with van der Waals surface area (Å²) in [7, 11) is 0. The summed E-state index contributed by atoms with van der Waals surface area (Å²) >= 11 is 0. The Balaban J connectivity index is 3.85. The maximum atomic E-state index is 10.1. The molecule has 0 aromatic carbocycles. The Morgan fingerprint density at radius 1 is 0.750 bits per heavy atom. The van der Waals surface area contributed by atoms with E-state index < -0.39 is 23.8 Å². The third-order valence-corrected chi connectivity index (χ3v) is 0.595. The van der Waals surface area contributed by atoms with Gasteiger partial charge in [0.2, 0.25) is 0 Å². The zero-order valence-corrected chi connectivity index (χ0v) is 5.60. The van der Waals surface area contributed by atoms with Gasteiger partial charge in [0.15, 0.2) is 0 Å². The van der Waals surface area contributed by atoms with Crippen molar-refractivity contribution in [2.45, 2.75) is 0 Å². The summed E-state index contributed by atoms with van der Waals surface area (Å²) in [6, 6.07) is 0. The molecule has 0 unspecified atom stereocenters. The van der Waals surface area contributed by atoms with Gasteiger partial charge >= 0.3 is 23.8 Å². The third-order valence-electron chi connectivity index (χ3n) is 0.595. The minimum Gasteiger partial charge on any atom is -0.360 e. The Bertz CT molecular complexity index is 220. The lowest BCUT2D eigenvalue weighted by Gasteiger charge is -1.96. The van der Waals surface area contributed by atoms with E-state index in [1.165, 1.54) is 0 Å². The number of amides is 2. The van der Waals surface area contributed by atoms with Crippen LogP contribution in [-0.4, -0.2) is 23.8 Å². The molecule has 66 valence electrons. The van der Waals surface area contributed by atoms with Gasteiger partial charge < -0.3 is 11.5 Å². The van der Waals surface area contributed by atoms with Crippen LogP contribution in [0.5, 0.6) is 0 Å². The Morgan fingerprint density at radius 2 is 1.00 bits per heavy atom. The Kier molecular flexibility index (Phi) is 3.22. The first kappa shape index (κ1) is 9.88.